The van der Waals surface area contributed by atoms with Gasteiger partial charge in [0.1, 0.15) is 0 Å². The topological polar surface area (TPSA) is 76.7 Å². The van der Waals surface area contributed by atoms with E-state index >= 15 is 0 Å². The molecule has 5 nitrogen and oxygen atoms in total. The Morgan fingerprint density at radius 1 is 1.25 bits per heavy atom. The van der Waals surface area contributed by atoms with Gasteiger partial charge >= 0.3 is 0 Å². The third-order valence-corrected chi connectivity index (χ3v) is 1.52. The van der Waals surface area contributed by atoms with Gasteiger partial charge in [0.2, 0.25) is 5.95 Å². The van der Waals surface area contributed by atoms with Crippen molar-refractivity contribution in [3.05, 3.63) is 11.4 Å². The molecule has 0 saturated heterocycles. The van der Waals surface area contributed by atoms with E-state index in [0.717, 1.165) is 11.4 Å². The minimum absolute atomic E-state index is 0.545. The summed E-state index contributed by atoms with van der Waals surface area (Å²) in [4.78, 5) is 4.17. The molecular formula is C7H13N5. The van der Waals surface area contributed by atoms with Crippen LogP contribution in [-0.2, 0) is 0 Å². The Morgan fingerprint density at radius 3 is 2.58 bits per heavy atom. The second-order valence-electron chi connectivity index (χ2n) is 2.52. The Kier molecular flexibility index (Phi) is 2.93. The van der Waals surface area contributed by atoms with Crippen LogP contribution in [0.1, 0.15) is 11.4 Å². The van der Waals surface area contributed by atoms with Gasteiger partial charge in [-0.1, -0.05) is 0 Å². The number of aromatic nitrogens is 3. The molecule has 0 aromatic carbocycles. The predicted octanol–water partition coefficient (Wildman–Crippen LogP) is -0.141. The van der Waals surface area contributed by atoms with Gasteiger partial charge in [0.15, 0.2) is 0 Å². The highest BCUT2D eigenvalue weighted by molar-refractivity contribution is 5.24. The zero-order valence-corrected chi connectivity index (χ0v) is 7.33. The van der Waals surface area contributed by atoms with Crippen molar-refractivity contribution in [3.8, 4) is 0 Å². The maximum absolute atomic E-state index is 5.31. The van der Waals surface area contributed by atoms with Crippen LogP contribution in [0.15, 0.2) is 0 Å². The summed E-state index contributed by atoms with van der Waals surface area (Å²) in [5.41, 5.74) is 7.05. The molecule has 0 unspecified atom stereocenters. The summed E-state index contributed by atoms with van der Waals surface area (Å²) < 4.78 is 0. The van der Waals surface area contributed by atoms with Crippen LogP contribution in [0.4, 0.5) is 5.95 Å². The fourth-order valence-corrected chi connectivity index (χ4v) is 0.716. The van der Waals surface area contributed by atoms with E-state index in [2.05, 4.69) is 20.5 Å². The lowest BCUT2D eigenvalue weighted by molar-refractivity contribution is 0.880. The van der Waals surface area contributed by atoms with Gasteiger partial charge in [0.25, 0.3) is 0 Å². The summed E-state index contributed by atoms with van der Waals surface area (Å²) in [6, 6.07) is 0. The molecule has 0 saturated carbocycles. The van der Waals surface area contributed by atoms with Crippen molar-refractivity contribution in [2.24, 2.45) is 5.73 Å². The highest BCUT2D eigenvalue weighted by atomic mass is 15.2. The van der Waals surface area contributed by atoms with E-state index in [1.54, 1.807) is 0 Å². The van der Waals surface area contributed by atoms with Gasteiger partial charge in [-0.2, -0.15) is 5.10 Å². The van der Waals surface area contributed by atoms with Crippen LogP contribution >= 0.6 is 0 Å². The molecule has 0 spiro atoms. The molecule has 0 bridgehead atoms. The molecule has 3 N–H and O–H groups in total. The highest BCUT2D eigenvalue weighted by Gasteiger charge is 1.98. The van der Waals surface area contributed by atoms with Gasteiger partial charge in [-0.25, -0.2) is 4.98 Å². The number of aryl methyl sites for hydroxylation is 2. The zero-order valence-electron chi connectivity index (χ0n) is 7.33. The molecule has 1 aromatic rings. The summed E-state index contributed by atoms with van der Waals surface area (Å²) in [7, 11) is 0. The number of nitrogens with zero attached hydrogens (tertiary/aromatic N) is 3. The largest absolute Gasteiger partial charge is 0.352 e. The van der Waals surface area contributed by atoms with Gasteiger partial charge in [0, 0.05) is 13.1 Å². The fourth-order valence-electron chi connectivity index (χ4n) is 0.716. The first-order valence-electron chi connectivity index (χ1n) is 3.86. The quantitative estimate of drug-likeness (QED) is 0.655. The average Bonchev–Trinajstić information content (AvgIpc) is 2.07. The number of rotatable bonds is 3. The smallest absolute Gasteiger partial charge is 0.243 e. The van der Waals surface area contributed by atoms with Crippen molar-refractivity contribution < 1.29 is 0 Å². The molecule has 0 radical (unpaired) electrons. The van der Waals surface area contributed by atoms with E-state index < -0.39 is 0 Å². The molecule has 1 heterocycles. The first kappa shape index (κ1) is 8.86. The molecule has 0 atom stereocenters. The van der Waals surface area contributed by atoms with Crippen molar-refractivity contribution in [2.75, 3.05) is 18.4 Å². The van der Waals surface area contributed by atoms with Crippen LogP contribution in [-0.4, -0.2) is 28.3 Å². The van der Waals surface area contributed by atoms with Crippen LogP contribution in [0.25, 0.3) is 0 Å². The van der Waals surface area contributed by atoms with Gasteiger partial charge in [-0.05, 0) is 13.8 Å². The van der Waals surface area contributed by atoms with E-state index in [9.17, 15) is 0 Å². The van der Waals surface area contributed by atoms with Crippen LogP contribution in [0.3, 0.4) is 0 Å². The minimum atomic E-state index is 0.545. The van der Waals surface area contributed by atoms with E-state index in [1.807, 2.05) is 13.8 Å². The SMILES string of the molecule is Cc1nnc(NCCN)nc1C. The van der Waals surface area contributed by atoms with Crippen LogP contribution < -0.4 is 11.1 Å². The molecule has 12 heavy (non-hydrogen) atoms. The normalized spacial score (nSPS) is 9.92. The molecule has 0 aliphatic carbocycles. The molecule has 5 heteroatoms. The van der Waals surface area contributed by atoms with E-state index in [-0.39, 0.29) is 0 Å². The molecule has 0 aliphatic heterocycles. The van der Waals surface area contributed by atoms with Gasteiger partial charge in [0.05, 0.1) is 11.4 Å². The molecular weight excluding hydrogens is 154 g/mol. The molecule has 0 fully saturated rings. The van der Waals surface area contributed by atoms with Crippen LogP contribution in [0, 0.1) is 13.8 Å². The second-order valence-corrected chi connectivity index (χ2v) is 2.52. The summed E-state index contributed by atoms with van der Waals surface area (Å²) >= 11 is 0. The van der Waals surface area contributed by atoms with Crippen LogP contribution in [0.5, 0.6) is 0 Å². The third-order valence-electron chi connectivity index (χ3n) is 1.52. The average molecular weight is 167 g/mol. The summed E-state index contributed by atoms with van der Waals surface area (Å²) in [5, 5.41) is 10.7. The van der Waals surface area contributed by atoms with Gasteiger partial charge < -0.3 is 11.1 Å². The van der Waals surface area contributed by atoms with Crippen molar-refractivity contribution in [1.82, 2.24) is 15.2 Å². The summed E-state index contributed by atoms with van der Waals surface area (Å²) in [6.45, 7) is 5.01. The number of hydrogen-bond acceptors (Lipinski definition) is 5. The first-order valence-corrected chi connectivity index (χ1v) is 3.86. The maximum Gasteiger partial charge on any atom is 0.243 e. The van der Waals surface area contributed by atoms with Crippen molar-refractivity contribution in [3.63, 3.8) is 0 Å². The molecule has 1 aromatic heterocycles. The molecule has 0 amide bonds. The molecule has 0 aliphatic rings. The molecule has 1 rings (SSSR count). The zero-order chi connectivity index (χ0) is 8.97. The van der Waals surface area contributed by atoms with Crippen molar-refractivity contribution in [2.45, 2.75) is 13.8 Å². The van der Waals surface area contributed by atoms with Crippen molar-refractivity contribution >= 4 is 5.95 Å². The van der Waals surface area contributed by atoms with E-state index in [0.29, 0.717) is 19.0 Å². The monoisotopic (exact) mass is 167 g/mol. The maximum atomic E-state index is 5.31. The minimum Gasteiger partial charge on any atom is -0.352 e. The summed E-state index contributed by atoms with van der Waals surface area (Å²) in [6.07, 6.45) is 0. The predicted molar refractivity (Wildman–Crippen MR) is 46.8 cm³/mol. The Labute approximate surface area is 71.4 Å². The Balaban J connectivity index is 2.69. The lowest BCUT2D eigenvalue weighted by Crippen LogP contribution is -2.15. The number of anilines is 1. The lowest BCUT2D eigenvalue weighted by Gasteiger charge is -2.02. The van der Waals surface area contributed by atoms with Crippen LogP contribution in [0.2, 0.25) is 0 Å². The Morgan fingerprint density at radius 2 is 2.00 bits per heavy atom. The highest BCUT2D eigenvalue weighted by Crippen LogP contribution is 2.00. The van der Waals surface area contributed by atoms with E-state index in [1.165, 1.54) is 0 Å². The standard InChI is InChI=1S/C7H13N5/c1-5-6(2)11-12-7(10-5)9-4-3-8/h3-4,8H2,1-2H3,(H,9,10,12). The molecule has 66 valence electrons. The van der Waals surface area contributed by atoms with Gasteiger partial charge in [-0.15, -0.1) is 5.10 Å². The Hall–Kier alpha value is -1.23. The number of nitrogens with two attached hydrogens (primary N) is 1. The Bertz CT molecular complexity index is 260. The van der Waals surface area contributed by atoms with Gasteiger partial charge in [-0.3, -0.25) is 0 Å². The fraction of sp³-hybridized carbons (Fsp3) is 0.571. The summed E-state index contributed by atoms with van der Waals surface area (Å²) in [5.74, 6) is 0.545. The van der Waals surface area contributed by atoms with Crippen molar-refractivity contribution in [1.29, 1.82) is 0 Å². The number of nitrogens with one attached hydrogen (secondary N) is 1. The number of hydrogen-bond donors (Lipinski definition) is 2. The third kappa shape index (κ3) is 2.13. The first-order chi connectivity index (χ1) is 5.74. The van der Waals surface area contributed by atoms with E-state index in [4.69, 9.17) is 5.73 Å². The second kappa shape index (κ2) is 3.96. The lowest BCUT2D eigenvalue weighted by atomic mass is 10.4.